The maximum Gasteiger partial charge on any atom is 0.257 e. The molecule has 94 valence electrons. The van der Waals surface area contributed by atoms with E-state index in [1.165, 1.54) is 22.3 Å². The Kier molecular flexibility index (Phi) is 3.98. The van der Waals surface area contributed by atoms with Crippen molar-refractivity contribution >= 4 is 33.2 Å². The van der Waals surface area contributed by atoms with Gasteiger partial charge in [0.1, 0.15) is 5.75 Å². The van der Waals surface area contributed by atoms with Crippen LogP contribution in [0.5, 0.6) is 5.75 Å². The molecular formula is C12H11BrN2O2S. The lowest BCUT2D eigenvalue weighted by atomic mass is 10.2. The van der Waals surface area contributed by atoms with E-state index in [-0.39, 0.29) is 17.2 Å². The molecule has 0 spiro atoms. The quantitative estimate of drug-likeness (QED) is 0.943. The first kappa shape index (κ1) is 13.0. The molecule has 0 fully saturated rings. The number of phenolic OH excluding ortho intramolecular Hbond substituents is 1. The molecular weight excluding hydrogens is 316 g/mol. The van der Waals surface area contributed by atoms with Crippen LogP contribution in [0.1, 0.15) is 16.1 Å². The lowest BCUT2D eigenvalue weighted by Crippen LogP contribution is -2.26. The van der Waals surface area contributed by atoms with Crippen molar-refractivity contribution < 1.29 is 9.90 Å². The summed E-state index contributed by atoms with van der Waals surface area (Å²) < 4.78 is 0.735. The van der Waals surface area contributed by atoms with Crippen molar-refractivity contribution in [1.29, 1.82) is 0 Å². The van der Waals surface area contributed by atoms with E-state index in [0.29, 0.717) is 6.54 Å². The summed E-state index contributed by atoms with van der Waals surface area (Å²) in [5, 5.41) is 11.6. The molecule has 0 saturated carbocycles. The number of hydrogen-bond acceptors (Lipinski definition) is 4. The largest absolute Gasteiger partial charge is 0.507 e. The minimum Gasteiger partial charge on any atom is -0.507 e. The van der Waals surface area contributed by atoms with Gasteiger partial charge in [-0.3, -0.25) is 4.79 Å². The van der Waals surface area contributed by atoms with Crippen LogP contribution in [0.25, 0.3) is 0 Å². The predicted molar refractivity (Wildman–Crippen MR) is 73.7 cm³/mol. The number of carbonyl (C=O) groups is 1. The van der Waals surface area contributed by atoms with Gasteiger partial charge in [0.2, 0.25) is 0 Å². The van der Waals surface area contributed by atoms with Crippen LogP contribution in [0.4, 0.5) is 0 Å². The molecule has 18 heavy (non-hydrogen) atoms. The van der Waals surface area contributed by atoms with Gasteiger partial charge in [-0.2, -0.15) is 0 Å². The van der Waals surface area contributed by atoms with Crippen molar-refractivity contribution in [1.82, 2.24) is 9.88 Å². The van der Waals surface area contributed by atoms with Gasteiger partial charge in [-0.15, -0.1) is 11.3 Å². The molecule has 2 rings (SSSR count). The topological polar surface area (TPSA) is 53.4 Å². The molecule has 0 saturated heterocycles. The molecule has 6 heteroatoms. The Balaban J connectivity index is 2.15. The minimum absolute atomic E-state index is 0.0282. The fourth-order valence-electron chi connectivity index (χ4n) is 1.52. The zero-order valence-electron chi connectivity index (χ0n) is 9.63. The number of halogens is 1. The van der Waals surface area contributed by atoms with Gasteiger partial charge in [0.15, 0.2) is 0 Å². The van der Waals surface area contributed by atoms with E-state index in [4.69, 9.17) is 0 Å². The number of thiazole rings is 1. The van der Waals surface area contributed by atoms with Gasteiger partial charge in [-0.05, 0) is 18.2 Å². The summed E-state index contributed by atoms with van der Waals surface area (Å²) in [6.07, 6.45) is 0. The molecule has 0 atom stereocenters. The van der Waals surface area contributed by atoms with Crippen molar-refractivity contribution in [3.63, 3.8) is 0 Å². The van der Waals surface area contributed by atoms with Crippen molar-refractivity contribution in [3.05, 3.63) is 44.8 Å². The average molecular weight is 327 g/mol. The van der Waals surface area contributed by atoms with Crippen LogP contribution < -0.4 is 0 Å². The number of nitrogens with zero attached hydrogens (tertiary/aromatic N) is 2. The third-order valence-electron chi connectivity index (χ3n) is 2.42. The minimum atomic E-state index is -0.229. The monoisotopic (exact) mass is 326 g/mol. The van der Waals surface area contributed by atoms with Crippen LogP contribution in [0.2, 0.25) is 0 Å². The highest BCUT2D eigenvalue weighted by molar-refractivity contribution is 9.10. The van der Waals surface area contributed by atoms with Gasteiger partial charge in [0.25, 0.3) is 5.91 Å². The fraction of sp³-hybridized carbons (Fsp3) is 0.167. The van der Waals surface area contributed by atoms with Crippen LogP contribution in [0, 0.1) is 0 Å². The van der Waals surface area contributed by atoms with Crippen molar-refractivity contribution in [2.45, 2.75) is 6.54 Å². The van der Waals surface area contributed by atoms with E-state index in [1.807, 2.05) is 5.38 Å². The number of hydrogen-bond donors (Lipinski definition) is 1. The van der Waals surface area contributed by atoms with Gasteiger partial charge in [0, 0.05) is 16.9 Å². The van der Waals surface area contributed by atoms with Crippen molar-refractivity contribution in [2.24, 2.45) is 0 Å². The molecule has 2 aromatic rings. The number of carbonyl (C=O) groups excluding carboxylic acids is 1. The fourth-order valence-corrected chi connectivity index (χ4v) is 2.42. The summed E-state index contributed by atoms with van der Waals surface area (Å²) in [4.78, 5) is 17.8. The second-order valence-corrected chi connectivity index (χ2v) is 5.44. The van der Waals surface area contributed by atoms with Crippen LogP contribution in [-0.4, -0.2) is 27.9 Å². The van der Waals surface area contributed by atoms with E-state index in [1.54, 1.807) is 24.7 Å². The third kappa shape index (κ3) is 2.88. The van der Waals surface area contributed by atoms with E-state index >= 15 is 0 Å². The van der Waals surface area contributed by atoms with Gasteiger partial charge in [0.05, 0.1) is 23.3 Å². The SMILES string of the molecule is CN(Cc1cscn1)C(=O)c1ccc(Br)cc1O. The van der Waals surface area contributed by atoms with Crippen LogP contribution in [0.15, 0.2) is 33.6 Å². The average Bonchev–Trinajstić information content (AvgIpc) is 2.81. The highest BCUT2D eigenvalue weighted by Gasteiger charge is 2.16. The lowest BCUT2D eigenvalue weighted by molar-refractivity contribution is 0.0780. The van der Waals surface area contributed by atoms with Gasteiger partial charge in [-0.25, -0.2) is 4.98 Å². The van der Waals surface area contributed by atoms with Crippen LogP contribution >= 0.6 is 27.3 Å². The maximum atomic E-state index is 12.1. The standard InChI is InChI=1S/C12H11BrN2O2S/c1-15(5-9-6-18-7-14-9)12(17)10-3-2-8(13)4-11(10)16/h2-4,6-7,16H,5H2,1H3. The normalized spacial score (nSPS) is 10.3. The number of phenols is 1. The molecule has 1 aromatic carbocycles. The molecule has 0 bridgehead atoms. The van der Waals surface area contributed by atoms with Crippen molar-refractivity contribution in [3.8, 4) is 5.75 Å². The maximum absolute atomic E-state index is 12.1. The zero-order chi connectivity index (χ0) is 13.1. The summed E-state index contributed by atoms with van der Waals surface area (Å²) in [5.74, 6) is -0.257. The van der Waals surface area contributed by atoms with E-state index in [9.17, 15) is 9.90 Å². The van der Waals surface area contributed by atoms with Crippen molar-refractivity contribution in [2.75, 3.05) is 7.05 Å². The number of aromatic hydroxyl groups is 1. The summed E-state index contributed by atoms with van der Waals surface area (Å²) in [5.41, 5.74) is 2.86. The summed E-state index contributed by atoms with van der Waals surface area (Å²) in [7, 11) is 1.68. The molecule has 0 aliphatic rings. The van der Waals surface area contributed by atoms with E-state index in [0.717, 1.165) is 10.2 Å². The molecule has 1 N–H and O–H groups in total. The van der Waals surface area contributed by atoms with Gasteiger partial charge >= 0.3 is 0 Å². The lowest BCUT2D eigenvalue weighted by Gasteiger charge is -2.16. The van der Waals surface area contributed by atoms with Crippen LogP contribution in [0.3, 0.4) is 0 Å². The smallest absolute Gasteiger partial charge is 0.257 e. The molecule has 0 radical (unpaired) electrons. The molecule has 1 amide bonds. The highest BCUT2D eigenvalue weighted by atomic mass is 79.9. The first-order valence-corrected chi connectivity index (χ1v) is 6.92. The Bertz CT molecular complexity index is 557. The third-order valence-corrected chi connectivity index (χ3v) is 3.55. The molecule has 0 aliphatic heterocycles. The predicted octanol–water partition coefficient (Wildman–Crippen LogP) is 2.88. The Morgan fingerprint density at radius 1 is 1.56 bits per heavy atom. The molecule has 0 unspecified atom stereocenters. The Labute approximate surface area is 117 Å². The number of aromatic nitrogens is 1. The second-order valence-electron chi connectivity index (χ2n) is 3.80. The number of amides is 1. The summed E-state index contributed by atoms with van der Waals surface area (Å²) >= 11 is 4.73. The van der Waals surface area contributed by atoms with Gasteiger partial charge in [-0.1, -0.05) is 15.9 Å². The Hall–Kier alpha value is -1.40. The van der Waals surface area contributed by atoms with Gasteiger partial charge < -0.3 is 10.0 Å². The number of rotatable bonds is 3. The number of benzene rings is 1. The zero-order valence-corrected chi connectivity index (χ0v) is 12.0. The molecule has 0 aliphatic carbocycles. The van der Waals surface area contributed by atoms with Crippen LogP contribution in [-0.2, 0) is 6.54 Å². The molecule has 1 aromatic heterocycles. The highest BCUT2D eigenvalue weighted by Crippen LogP contribution is 2.23. The van der Waals surface area contributed by atoms with E-state index in [2.05, 4.69) is 20.9 Å². The first-order chi connectivity index (χ1) is 8.58. The Morgan fingerprint density at radius 2 is 2.33 bits per heavy atom. The second kappa shape index (κ2) is 5.49. The summed E-state index contributed by atoms with van der Waals surface area (Å²) in [6.45, 7) is 0.428. The Morgan fingerprint density at radius 3 is 2.94 bits per heavy atom. The van der Waals surface area contributed by atoms with E-state index < -0.39 is 0 Å². The molecule has 4 nitrogen and oxygen atoms in total. The summed E-state index contributed by atoms with van der Waals surface area (Å²) in [6, 6.07) is 4.83. The first-order valence-electron chi connectivity index (χ1n) is 5.19. The molecule has 1 heterocycles.